The molecule has 6 nitrogen and oxygen atoms in total. The molecule has 0 bridgehead atoms. The van der Waals surface area contributed by atoms with Gasteiger partial charge in [-0.15, -0.1) is 0 Å². The van der Waals surface area contributed by atoms with Crippen LogP contribution in [0.15, 0.2) is 4.52 Å². The summed E-state index contributed by atoms with van der Waals surface area (Å²) in [4.78, 5) is 4.15. The van der Waals surface area contributed by atoms with E-state index in [9.17, 15) is 0 Å². The van der Waals surface area contributed by atoms with Crippen LogP contribution in [0.2, 0.25) is 0 Å². The molecule has 0 aliphatic carbocycles. The van der Waals surface area contributed by atoms with Crippen molar-refractivity contribution < 1.29 is 14.0 Å². The second kappa shape index (κ2) is 6.68. The van der Waals surface area contributed by atoms with Gasteiger partial charge in [0.1, 0.15) is 6.61 Å². The minimum Gasteiger partial charge on any atom is -0.377 e. The first kappa shape index (κ1) is 14.1. The molecule has 0 amide bonds. The summed E-state index contributed by atoms with van der Waals surface area (Å²) in [6, 6.07) is -0.367. The number of aromatic nitrogens is 2. The first-order chi connectivity index (χ1) is 7.99. The van der Waals surface area contributed by atoms with Gasteiger partial charge in [0.25, 0.3) is 5.89 Å². The van der Waals surface area contributed by atoms with Gasteiger partial charge in [0.05, 0.1) is 24.9 Å². The zero-order valence-electron chi connectivity index (χ0n) is 10.8. The monoisotopic (exact) mass is 243 g/mol. The maximum absolute atomic E-state index is 5.86. The van der Waals surface area contributed by atoms with Gasteiger partial charge in [0.2, 0.25) is 0 Å². The third kappa shape index (κ3) is 5.25. The van der Waals surface area contributed by atoms with Crippen LogP contribution in [0.3, 0.4) is 0 Å². The van der Waals surface area contributed by atoms with Crippen LogP contribution in [0.4, 0.5) is 0 Å². The lowest BCUT2D eigenvalue weighted by Crippen LogP contribution is -2.20. The minimum atomic E-state index is -0.367. The number of nitrogens with zero attached hydrogens (tertiary/aromatic N) is 2. The third-order valence-electron chi connectivity index (χ3n) is 1.96. The van der Waals surface area contributed by atoms with E-state index in [1.165, 1.54) is 0 Å². The van der Waals surface area contributed by atoms with E-state index < -0.39 is 0 Å². The zero-order chi connectivity index (χ0) is 12.8. The Morgan fingerprint density at radius 2 is 1.82 bits per heavy atom. The molecule has 17 heavy (non-hydrogen) atoms. The lowest BCUT2D eigenvalue weighted by atomic mass is 10.3. The Labute approximate surface area is 101 Å². The molecule has 1 unspecified atom stereocenters. The molecule has 1 heterocycles. The normalized spacial score (nSPS) is 13.6. The molecule has 2 N–H and O–H groups in total. The molecule has 0 aliphatic heterocycles. The largest absolute Gasteiger partial charge is 0.377 e. The Bertz CT molecular complexity index is 326. The van der Waals surface area contributed by atoms with Crippen molar-refractivity contribution in [3.63, 3.8) is 0 Å². The first-order valence-electron chi connectivity index (χ1n) is 5.80. The highest BCUT2D eigenvalue weighted by Gasteiger charge is 2.15. The fourth-order valence-electron chi connectivity index (χ4n) is 1.09. The van der Waals surface area contributed by atoms with Gasteiger partial charge in [-0.2, -0.15) is 4.98 Å². The van der Waals surface area contributed by atoms with Gasteiger partial charge in [-0.1, -0.05) is 5.16 Å². The molecule has 0 spiro atoms. The maximum Gasteiger partial charge on any atom is 0.252 e. The highest BCUT2D eigenvalue weighted by molar-refractivity contribution is 4.92. The van der Waals surface area contributed by atoms with E-state index >= 15 is 0 Å². The van der Waals surface area contributed by atoms with Crippen LogP contribution < -0.4 is 5.73 Å². The Morgan fingerprint density at radius 1 is 1.18 bits per heavy atom. The minimum absolute atomic E-state index is 0.128. The molecular weight excluding hydrogens is 222 g/mol. The summed E-state index contributed by atoms with van der Waals surface area (Å²) >= 11 is 0. The summed E-state index contributed by atoms with van der Waals surface area (Å²) < 4.78 is 15.8. The van der Waals surface area contributed by atoms with Gasteiger partial charge >= 0.3 is 0 Å². The van der Waals surface area contributed by atoms with E-state index in [1.807, 2.05) is 27.7 Å². The smallest absolute Gasteiger partial charge is 0.252 e. The van der Waals surface area contributed by atoms with Gasteiger partial charge in [-0.3, -0.25) is 0 Å². The van der Waals surface area contributed by atoms with E-state index in [-0.39, 0.29) is 18.2 Å². The van der Waals surface area contributed by atoms with Crippen molar-refractivity contribution in [3.8, 4) is 0 Å². The predicted octanol–water partition coefficient (Wildman–Crippen LogP) is 1.42. The van der Waals surface area contributed by atoms with Crippen LogP contribution in [-0.4, -0.2) is 29.0 Å². The van der Waals surface area contributed by atoms with Gasteiger partial charge < -0.3 is 19.7 Å². The van der Waals surface area contributed by atoms with E-state index in [0.29, 0.717) is 24.9 Å². The van der Waals surface area contributed by atoms with Gasteiger partial charge in [0, 0.05) is 0 Å². The lowest BCUT2D eigenvalue weighted by molar-refractivity contribution is 0.0485. The van der Waals surface area contributed by atoms with E-state index in [4.69, 9.17) is 19.7 Å². The molecule has 0 aliphatic rings. The number of nitrogens with two attached hydrogens (primary N) is 1. The molecule has 6 heteroatoms. The fraction of sp³-hybridized carbons (Fsp3) is 0.818. The molecule has 1 atom stereocenters. The molecule has 1 rings (SSSR count). The zero-order valence-corrected chi connectivity index (χ0v) is 10.8. The molecule has 0 saturated heterocycles. The van der Waals surface area contributed by atoms with Gasteiger partial charge in [-0.25, -0.2) is 0 Å². The van der Waals surface area contributed by atoms with Crippen LogP contribution >= 0.6 is 0 Å². The number of ether oxygens (including phenoxy) is 2. The summed E-state index contributed by atoms with van der Waals surface area (Å²) in [5.41, 5.74) is 5.86. The Kier molecular flexibility index (Phi) is 5.54. The van der Waals surface area contributed by atoms with Crippen molar-refractivity contribution in [1.29, 1.82) is 0 Å². The van der Waals surface area contributed by atoms with Crippen molar-refractivity contribution in [3.05, 3.63) is 11.7 Å². The Hall–Kier alpha value is -0.980. The van der Waals surface area contributed by atoms with Gasteiger partial charge in [0.15, 0.2) is 5.82 Å². The van der Waals surface area contributed by atoms with Crippen LogP contribution in [0.1, 0.15) is 45.5 Å². The topological polar surface area (TPSA) is 83.4 Å². The summed E-state index contributed by atoms with van der Waals surface area (Å²) in [6.07, 6.45) is 0.264. The summed E-state index contributed by atoms with van der Waals surface area (Å²) in [6.45, 7) is 8.47. The molecule has 0 fully saturated rings. The number of hydrogen-bond donors (Lipinski definition) is 1. The first-order valence-corrected chi connectivity index (χ1v) is 5.80. The second-order valence-corrected chi connectivity index (χ2v) is 4.39. The molecule has 1 aromatic heterocycles. The van der Waals surface area contributed by atoms with E-state index in [2.05, 4.69) is 10.1 Å². The average Bonchev–Trinajstić information content (AvgIpc) is 2.71. The second-order valence-electron chi connectivity index (χ2n) is 4.39. The maximum atomic E-state index is 5.86. The summed E-state index contributed by atoms with van der Waals surface area (Å²) in [7, 11) is 0. The van der Waals surface area contributed by atoms with E-state index in [0.717, 1.165) is 0 Å². The quantitative estimate of drug-likeness (QED) is 0.779. The molecule has 0 saturated carbocycles. The van der Waals surface area contributed by atoms with Crippen LogP contribution in [0, 0.1) is 0 Å². The lowest BCUT2D eigenvalue weighted by Gasteiger charge is -2.10. The summed E-state index contributed by atoms with van der Waals surface area (Å²) in [5.74, 6) is 0.890. The van der Waals surface area contributed by atoms with Crippen LogP contribution in [0.5, 0.6) is 0 Å². The fourth-order valence-corrected chi connectivity index (χ4v) is 1.09. The van der Waals surface area contributed by atoms with Crippen molar-refractivity contribution in [1.82, 2.24) is 10.1 Å². The van der Waals surface area contributed by atoms with E-state index in [1.54, 1.807) is 0 Å². The summed E-state index contributed by atoms with van der Waals surface area (Å²) in [5, 5.41) is 3.80. The van der Waals surface area contributed by atoms with Gasteiger partial charge in [-0.05, 0) is 27.7 Å². The molecule has 0 radical (unpaired) electrons. The van der Waals surface area contributed by atoms with Crippen molar-refractivity contribution >= 4 is 0 Å². The third-order valence-corrected chi connectivity index (χ3v) is 1.96. The highest BCUT2D eigenvalue weighted by atomic mass is 16.5. The number of hydrogen-bond acceptors (Lipinski definition) is 6. The van der Waals surface area contributed by atoms with Crippen molar-refractivity contribution in [2.24, 2.45) is 5.73 Å². The molecular formula is C11H21N3O3. The van der Waals surface area contributed by atoms with Crippen molar-refractivity contribution in [2.45, 2.75) is 52.6 Å². The molecule has 0 aromatic carbocycles. The SMILES string of the molecule is CC(C)OCc1nc(C(N)COC(C)C)no1. The molecule has 98 valence electrons. The Balaban J connectivity index is 2.43. The van der Waals surface area contributed by atoms with Crippen LogP contribution in [0.25, 0.3) is 0 Å². The standard InChI is InChI=1S/C11H21N3O3/c1-7(2)15-5-9(12)11-13-10(17-14-11)6-16-8(3)4/h7-9H,5-6,12H2,1-4H3. The van der Waals surface area contributed by atoms with Crippen LogP contribution in [-0.2, 0) is 16.1 Å². The van der Waals surface area contributed by atoms with Crippen molar-refractivity contribution in [2.75, 3.05) is 6.61 Å². The highest BCUT2D eigenvalue weighted by Crippen LogP contribution is 2.09. The number of rotatable bonds is 7. The average molecular weight is 243 g/mol. The Morgan fingerprint density at radius 3 is 2.41 bits per heavy atom. The molecule has 1 aromatic rings. The predicted molar refractivity (Wildman–Crippen MR) is 62.2 cm³/mol.